The second kappa shape index (κ2) is 6.25. The molecule has 0 saturated carbocycles. The van der Waals surface area contributed by atoms with Crippen LogP contribution < -0.4 is 5.32 Å². The highest BCUT2D eigenvalue weighted by Crippen LogP contribution is 2.28. The fourth-order valence-electron chi connectivity index (χ4n) is 2.78. The molecule has 1 aromatic rings. The molecule has 0 spiro atoms. The van der Waals surface area contributed by atoms with Crippen molar-refractivity contribution in [2.24, 2.45) is 0 Å². The zero-order valence-corrected chi connectivity index (χ0v) is 14.1. The summed E-state index contributed by atoms with van der Waals surface area (Å²) in [5.41, 5.74) is 6.44. The van der Waals surface area contributed by atoms with Crippen molar-refractivity contribution in [3.63, 3.8) is 0 Å². The lowest BCUT2D eigenvalue weighted by Crippen LogP contribution is -2.43. The van der Waals surface area contributed by atoms with Crippen molar-refractivity contribution in [3.8, 4) is 12.3 Å². The molecule has 0 unspecified atom stereocenters. The molecule has 1 aliphatic rings. The fraction of sp³-hybridized carbons (Fsp3) is 0.500. The minimum Gasteiger partial charge on any atom is -0.314 e. The second-order valence-corrected chi connectivity index (χ2v) is 6.29. The minimum atomic E-state index is 1.02. The Morgan fingerprint density at radius 2 is 1.79 bits per heavy atom. The zero-order chi connectivity index (χ0) is 14.0. The lowest BCUT2D eigenvalue weighted by molar-refractivity contribution is 0.232. The van der Waals surface area contributed by atoms with Crippen LogP contribution in [0.1, 0.15) is 27.8 Å². The summed E-state index contributed by atoms with van der Waals surface area (Å²) in [6.07, 6.45) is 5.70. The fourth-order valence-corrected chi connectivity index (χ4v) is 3.38. The lowest BCUT2D eigenvalue weighted by atomic mass is 9.93. The molecular formula is C16H21IN2. The van der Waals surface area contributed by atoms with E-state index in [9.17, 15) is 0 Å². The van der Waals surface area contributed by atoms with Crippen molar-refractivity contribution < 1.29 is 0 Å². The number of hydrogen-bond donors (Lipinski definition) is 1. The predicted octanol–water partition coefficient (Wildman–Crippen LogP) is 2.60. The normalized spacial score (nSPS) is 16.4. The van der Waals surface area contributed by atoms with Crippen LogP contribution in [0.3, 0.4) is 0 Å². The SMILES string of the molecule is C#Cc1c(C)c(I)c(C)c(CN2CCNCC2)c1C. The quantitative estimate of drug-likeness (QED) is 0.638. The van der Waals surface area contributed by atoms with Crippen LogP contribution in [0.4, 0.5) is 0 Å². The third-order valence-corrected chi connectivity index (χ3v) is 5.67. The van der Waals surface area contributed by atoms with E-state index in [0.29, 0.717) is 0 Å². The van der Waals surface area contributed by atoms with Gasteiger partial charge >= 0.3 is 0 Å². The third-order valence-electron chi connectivity index (χ3n) is 4.05. The molecule has 0 atom stereocenters. The summed E-state index contributed by atoms with van der Waals surface area (Å²) < 4.78 is 1.32. The molecule has 1 N–H and O–H groups in total. The lowest BCUT2D eigenvalue weighted by Gasteiger charge is -2.29. The standard InChI is InChI=1S/C16H21IN2/c1-5-14-11(2)15(13(4)16(17)12(14)3)10-19-8-6-18-7-9-19/h1,18H,6-10H2,2-4H3. The third kappa shape index (κ3) is 2.96. The molecule has 0 aromatic heterocycles. The summed E-state index contributed by atoms with van der Waals surface area (Å²) in [5.74, 6) is 2.87. The van der Waals surface area contributed by atoms with Crippen LogP contribution in [-0.4, -0.2) is 31.1 Å². The first-order valence-corrected chi connectivity index (χ1v) is 7.82. The Kier molecular flexibility index (Phi) is 4.88. The predicted molar refractivity (Wildman–Crippen MR) is 89.5 cm³/mol. The van der Waals surface area contributed by atoms with Crippen LogP contribution in [0.15, 0.2) is 0 Å². The molecule has 3 heteroatoms. The molecule has 0 bridgehead atoms. The van der Waals surface area contributed by atoms with Crippen LogP contribution in [-0.2, 0) is 6.54 Å². The number of terminal acetylenes is 1. The molecule has 0 radical (unpaired) electrons. The Hall–Kier alpha value is -0.570. The second-order valence-electron chi connectivity index (χ2n) is 5.21. The molecular weight excluding hydrogens is 347 g/mol. The highest BCUT2D eigenvalue weighted by molar-refractivity contribution is 14.1. The van der Waals surface area contributed by atoms with Gasteiger partial charge in [0.25, 0.3) is 0 Å². The van der Waals surface area contributed by atoms with Gasteiger partial charge in [-0.1, -0.05) is 5.92 Å². The van der Waals surface area contributed by atoms with E-state index in [-0.39, 0.29) is 0 Å². The number of hydrogen-bond acceptors (Lipinski definition) is 2. The Morgan fingerprint density at radius 1 is 1.16 bits per heavy atom. The number of nitrogens with one attached hydrogen (secondary N) is 1. The highest BCUT2D eigenvalue weighted by Gasteiger charge is 2.17. The molecule has 2 rings (SSSR count). The Labute approximate surface area is 130 Å². The molecule has 1 aliphatic heterocycles. The van der Waals surface area contributed by atoms with Gasteiger partial charge in [0.05, 0.1) is 0 Å². The first-order valence-electron chi connectivity index (χ1n) is 6.74. The van der Waals surface area contributed by atoms with Crippen molar-refractivity contribution >= 4 is 22.6 Å². The summed E-state index contributed by atoms with van der Waals surface area (Å²) in [6, 6.07) is 0. The highest BCUT2D eigenvalue weighted by atomic mass is 127. The molecule has 1 saturated heterocycles. The molecule has 1 heterocycles. The Morgan fingerprint density at radius 3 is 2.37 bits per heavy atom. The first kappa shape index (κ1) is 14.8. The van der Waals surface area contributed by atoms with Crippen LogP contribution in [0.5, 0.6) is 0 Å². The smallest absolute Gasteiger partial charge is 0.0314 e. The van der Waals surface area contributed by atoms with E-state index in [2.05, 4.69) is 59.5 Å². The summed E-state index contributed by atoms with van der Waals surface area (Å²) in [4.78, 5) is 2.51. The Balaban J connectivity index is 2.39. The van der Waals surface area contributed by atoms with Crippen molar-refractivity contribution in [2.75, 3.05) is 26.2 Å². The van der Waals surface area contributed by atoms with Crippen molar-refractivity contribution in [2.45, 2.75) is 27.3 Å². The van der Waals surface area contributed by atoms with Crippen LogP contribution >= 0.6 is 22.6 Å². The summed E-state index contributed by atoms with van der Waals surface area (Å²) >= 11 is 2.43. The molecule has 0 amide bonds. The van der Waals surface area contributed by atoms with Gasteiger partial charge in [-0.2, -0.15) is 0 Å². The van der Waals surface area contributed by atoms with E-state index in [1.165, 1.54) is 25.8 Å². The van der Waals surface area contributed by atoms with E-state index < -0.39 is 0 Å². The van der Waals surface area contributed by atoms with Gasteiger partial charge in [0, 0.05) is 41.9 Å². The van der Waals surface area contributed by atoms with Crippen molar-refractivity contribution in [3.05, 3.63) is 31.4 Å². The summed E-state index contributed by atoms with van der Waals surface area (Å²) in [7, 11) is 0. The van der Waals surface area contributed by atoms with E-state index in [1.807, 2.05) is 0 Å². The van der Waals surface area contributed by atoms with Crippen molar-refractivity contribution in [1.82, 2.24) is 10.2 Å². The maximum atomic E-state index is 5.70. The minimum absolute atomic E-state index is 1.02. The topological polar surface area (TPSA) is 15.3 Å². The van der Waals surface area contributed by atoms with Gasteiger partial charge in [-0.3, -0.25) is 4.90 Å². The van der Waals surface area contributed by atoms with Gasteiger partial charge in [-0.25, -0.2) is 0 Å². The van der Waals surface area contributed by atoms with Gasteiger partial charge in [0.15, 0.2) is 0 Å². The van der Waals surface area contributed by atoms with Crippen LogP contribution in [0.25, 0.3) is 0 Å². The maximum Gasteiger partial charge on any atom is 0.0314 e. The number of benzene rings is 1. The Bertz CT molecular complexity index is 523. The number of nitrogens with zero attached hydrogens (tertiary/aromatic N) is 1. The first-order chi connectivity index (χ1) is 9.06. The molecule has 0 aliphatic carbocycles. The van der Waals surface area contributed by atoms with Gasteiger partial charge in [0.2, 0.25) is 0 Å². The number of halogens is 1. The largest absolute Gasteiger partial charge is 0.314 e. The number of rotatable bonds is 2. The van der Waals surface area contributed by atoms with E-state index in [4.69, 9.17) is 6.42 Å². The molecule has 2 nitrogen and oxygen atoms in total. The summed E-state index contributed by atoms with van der Waals surface area (Å²) in [5, 5.41) is 3.40. The van der Waals surface area contributed by atoms with Gasteiger partial charge < -0.3 is 5.32 Å². The van der Waals surface area contributed by atoms with Crippen molar-refractivity contribution in [1.29, 1.82) is 0 Å². The van der Waals surface area contributed by atoms with Gasteiger partial charge in [0.1, 0.15) is 0 Å². The molecule has 19 heavy (non-hydrogen) atoms. The maximum absolute atomic E-state index is 5.70. The number of piperazine rings is 1. The summed E-state index contributed by atoms with van der Waals surface area (Å²) in [6.45, 7) is 12.0. The van der Waals surface area contributed by atoms with E-state index in [0.717, 1.165) is 38.3 Å². The van der Waals surface area contributed by atoms with Crippen LogP contribution in [0, 0.1) is 36.7 Å². The average Bonchev–Trinajstić information content (AvgIpc) is 2.43. The average molecular weight is 368 g/mol. The van der Waals surface area contributed by atoms with E-state index in [1.54, 1.807) is 0 Å². The zero-order valence-electron chi connectivity index (χ0n) is 11.9. The molecule has 102 valence electrons. The van der Waals surface area contributed by atoms with Gasteiger partial charge in [-0.15, -0.1) is 6.42 Å². The van der Waals surface area contributed by atoms with E-state index >= 15 is 0 Å². The van der Waals surface area contributed by atoms with Crippen LogP contribution in [0.2, 0.25) is 0 Å². The monoisotopic (exact) mass is 368 g/mol. The molecule has 1 aromatic carbocycles. The molecule has 1 fully saturated rings. The van der Waals surface area contributed by atoms with Gasteiger partial charge in [-0.05, 0) is 65.6 Å².